The predicted molar refractivity (Wildman–Crippen MR) is 149 cm³/mol. The molecule has 7 nitrogen and oxygen atoms in total. The Morgan fingerprint density at radius 3 is 2.18 bits per heavy atom. The first-order valence-electron chi connectivity index (χ1n) is 12.4. The van der Waals surface area contributed by atoms with Crippen molar-refractivity contribution in [2.45, 2.75) is 46.2 Å². The molecule has 1 amide bonds. The van der Waals surface area contributed by atoms with Crippen LogP contribution in [0.15, 0.2) is 60.7 Å². The van der Waals surface area contributed by atoms with Crippen molar-refractivity contribution in [3.8, 4) is 5.75 Å². The van der Waals surface area contributed by atoms with Gasteiger partial charge in [0.1, 0.15) is 11.6 Å². The number of methoxy groups -OCH3 is 1. The molecule has 1 N–H and O–H groups in total. The molecular formula is C29H36FN3O4S. The van der Waals surface area contributed by atoms with Crippen molar-refractivity contribution in [1.29, 1.82) is 0 Å². The Labute approximate surface area is 225 Å². The number of rotatable bonds is 10. The van der Waals surface area contributed by atoms with Crippen LogP contribution in [-0.2, 0) is 16.8 Å². The molecule has 3 aromatic carbocycles. The molecule has 0 bridgehead atoms. The van der Waals surface area contributed by atoms with Crippen LogP contribution >= 0.6 is 0 Å². The minimum Gasteiger partial charge on any atom is -0.496 e. The van der Waals surface area contributed by atoms with Gasteiger partial charge in [-0.05, 0) is 78.4 Å². The smallest absolute Gasteiger partial charge is 0.303 e. The highest BCUT2D eigenvalue weighted by molar-refractivity contribution is 7.90. The van der Waals surface area contributed by atoms with Crippen LogP contribution in [0.1, 0.15) is 65.3 Å². The monoisotopic (exact) mass is 541 g/mol. The standard InChI is InChI=1S/C29H36FN3O4S/c1-19(2)24-17-25(20(3)16-28(24)37-7)21(4)31-29(34)23-14-12-22(13-15-23)18-33(38(35,36)32(5)6)27-11-9-8-10-26(27)30/h8-17,19,21H,18H2,1-7H3,(H,31,34). The molecule has 0 aliphatic heterocycles. The second-order valence-corrected chi connectivity index (χ2v) is 11.8. The summed E-state index contributed by atoms with van der Waals surface area (Å²) >= 11 is 0. The molecule has 0 heterocycles. The first-order valence-corrected chi connectivity index (χ1v) is 13.8. The Morgan fingerprint density at radius 2 is 1.63 bits per heavy atom. The maximum atomic E-state index is 14.5. The number of ether oxygens (including phenoxy) is 1. The molecule has 1 unspecified atom stereocenters. The quantitative estimate of drug-likeness (QED) is 0.364. The fourth-order valence-corrected chi connectivity index (χ4v) is 5.34. The summed E-state index contributed by atoms with van der Waals surface area (Å²) in [5, 5.41) is 3.05. The number of nitrogens with one attached hydrogen (secondary N) is 1. The zero-order valence-corrected chi connectivity index (χ0v) is 23.8. The largest absolute Gasteiger partial charge is 0.496 e. The van der Waals surface area contributed by atoms with Crippen LogP contribution in [0.2, 0.25) is 0 Å². The molecule has 0 aliphatic carbocycles. The highest BCUT2D eigenvalue weighted by atomic mass is 32.2. The Kier molecular flexibility index (Phi) is 9.17. The van der Waals surface area contributed by atoms with Crippen LogP contribution in [0.4, 0.5) is 10.1 Å². The lowest BCUT2D eigenvalue weighted by atomic mass is 9.93. The summed E-state index contributed by atoms with van der Waals surface area (Å²) in [6.07, 6.45) is 0. The molecule has 0 aromatic heterocycles. The summed E-state index contributed by atoms with van der Waals surface area (Å²) in [5.41, 5.74) is 4.09. The Morgan fingerprint density at radius 1 is 1.00 bits per heavy atom. The number of anilines is 1. The predicted octanol–water partition coefficient (Wildman–Crippen LogP) is 5.57. The fourth-order valence-electron chi connectivity index (χ4n) is 4.24. The lowest BCUT2D eigenvalue weighted by Gasteiger charge is -2.27. The third-order valence-electron chi connectivity index (χ3n) is 6.46. The number of hydrogen-bond donors (Lipinski definition) is 1. The third kappa shape index (κ3) is 6.34. The SMILES string of the molecule is COc1cc(C)c(C(C)NC(=O)c2ccc(CN(c3ccccc3F)S(=O)(=O)N(C)C)cc2)cc1C(C)C. The molecule has 0 saturated carbocycles. The molecule has 0 spiro atoms. The van der Waals surface area contributed by atoms with Gasteiger partial charge >= 0.3 is 10.2 Å². The first kappa shape index (κ1) is 29.1. The zero-order chi connectivity index (χ0) is 28.2. The third-order valence-corrected chi connectivity index (χ3v) is 8.26. The highest BCUT2D eigenvalue weighted by Gasteiger charge is 2.27. The van der Waals surface area contributed by atoms with E-state index in [9.17, 15) is 17.6 Å². The fraction of sp³-hybridized carbons (Fsp3) is 0.345. The Balaban J connectivity index is 1.81. The number of nitrogens with zero attached hydrogens (tertiary/aromatic N) is 2. The maximum absolute atomic E-state index is 14.5. The summed E-state index contributed by atoms with van der Waals surface area (Å²) in [6, 6.07) is 16.2. The average Bonchev–Trinajstić information content (AvgIpc) is 2.87. The Bertz CT molecular complexity index is 1390. The van der Waals surface area contributed by atoms with Crippen molar-refractivity contribution in [1.82, 2.24) is 9.62 Å². The topological polar surface area (TPSA) is 79.0 Å². The van der Waals surface area contributed by atoms with Crippen LogP contribution in [0.5, 0.6) is 5.75 Å². The van der Waals surface area contributed by atoms with Gasteiger partial charge in [-0.3, -0.25) is 9.10 Å². The van der Waals surface area contributed by atoms with E-state index >= 15 is 0 Å². The van der Waals surface area contributed by atoms with Crippen LogP contribution in [0.25, 0.3) is 0 Å². The molecule has 0 radical (unpaired) electrons. The number of para-hydroxylation sites is 1. The van der Waals surface area contributed by atoms with E-state index in [1.807, 2.05) is 19.9 Å². The number of carbonyl (C=O) groups is 1. The van der Waals surface area contributed by atoms with Crippen molar-refractivity contribution in [3.63, 3.8) is 0 Å². The van der Waals surface area contributed by atoms with Gasteiger partial charge in [-0.25, -0.2) is 4.39 Å². The second-order valence-electron chi connectivity index (χ2n) is 9.75. The first-order chi connectivity index (χ1) is 17.9. The highest BCUT2D eigenvalue weighted by Crippen LogP contribution is 2.32. The molecule has 9 heteroatoms. The minimum atomic E-state index is -3.97. The van der Waals surface area contributed by atoms with E-state index in [0.717, 1.165) is 31.1 Å². The molecule has 204 valence electrons. The molecule has 0 fully saturated rings. The van der Waals surface area contributed by atoms with Crippen LogP contribution in [-0.4, -0.2) is 39.8 Å². The van der Waals surface area contributed by atoms with E-state index < -0.39 is 16.0 Å². The van der Waals surface area contributed by atoms with Gasteiger partial charge in [-0.15, -0.1) is 0 Å². The molecule has 1 atom stereocenters. The van der Waals surface area contributed by atoms with Crippen LogP contribution in [0, 0.1) is 12.7 Å². The summed E-state index contributed by atoms with van der Waals surface area (Å²) in [4.78, 5) is 13.0. The number of benzene rings is 3. The van der Waals surface area contributed by atoms with E-state index in [1.54, 1.807) is 37.4 Å². The van der Waals surface area contributed by atoms with Gasteiger partial charge in [0, 0.05) is 19.7 Å². The van der Waals surface area contributed by atoms with Crippen molar-refractivity contribution in [2.75, 3.05) is 25.5 Å². The lowest BCUT2D eigenvalue weighted by molar-refractivity contribution is 0.0939. The van der Waals surface area contributed by atoms with E-state index in [-0.39, 0.29) is 30.1 Å². The van der Waals surface area contributed by atoms with E-state index in [2.05, 4.69) is 25.2 Å². The molecule has 0 aliphatic rings. The maximum Gasteiger partial charge on any atom is 0.303 e. The van der Waals surface area contributed by atoms with Gasteiger partial charge < -0.3 is 10.1 Å². The van der Waals surface area contributed by atoms with Gasteiger partial charge in [-0.1, -0.05) is 38.1 Å². The van der Waals surface area contributed by atoms with Gasteiger partial charge in [0.15, 0.2) is 0 Å². The minimum absolute atomic E-state index is 0.0486. The number of hydrogen-bond acceptors (Lipinski definition) is 4. The van der Waals surface area contributed by atoms with Crippen LogP contribution in [0.3, 0.4) is 0 Å². The Hall–Kier alpha value is -3.43. The van der Waals surface area contributed by atoms with Crippen molar-refractivity contribution in [3.05, 3.63) is 94.3 Å². The van der Waals surface area contributed by atoms with Crippen molar-refractivity contribution < 1.29 is 22.3 Å². The van der Waals surface area contributed by atoms with Gasteiger partial charge in [0.25, 0.3) is 5.91 Å². The van der Waals surface area contributed by atoms with Gasteiger partial charge in [-0.2, -0.15) is 12.7 Å². The molecular weight excluding hydrogens is 505 g/mol. The molecule has 3 aromatic rings. The van der Waals surface area contributed by atoms with Crippen molar-refractivity contribution in [2.24, 2.45) is 0 Å². The number of halogens is 1. The number of aryl methyl sites for hydroxylation is 1. The molecule has 0 saturated heterocycles. The lowest BCUT2D eigenvalue weighted by Crippen LogP contribution is -2.40. The molecule has 3 rings (SSSR count). The second kappa shape index (κ2) is 12.0. The van der Waals surface area contributed by atoms with E-state index in [4.69, 9.17) is 4.74 Å². The average molecular weight is 542 g/mol. The summed E-state index contributed by atoms with van der Waals surface area (Å²) in [5.74, 6) is 0.200. The summed E-state index contributed by atoms with van der Waals surface area (Å²) in [6.45, 7) is 8.02. The normalized spacial score (nSPS) is 12.5. The van der Waals surface area contributed by atoms with Crippen LogP contribution < -0.4 is 14.4 Å². The van der Waals surface area contributed by atoms with Crippen molar-refractivity contribution >= 4 is 21.8 Å². The molecule has 38 heavy (non-hydrogen) atoms. The number of carbonyl (C=O) groups excluding carboxylic acids is 1. The van der Waals surface area contributed by atoms with Gasteiger partial charge in [0.2, 0.25) is 0 Å². The summed E-state index contributed by atoms with van der Waals surface area (Å²) < 4.78 is 48.0. The number of amides is 1. The van der Waals surface area contributed by atoms with E-state index in [0.29, 0.717) is 11.1 Å². The van der Waals surface area contributed by atoms with E-state index in [1.165, 1.54) is 32.3 Å². The summed E-state index contributed by atoms with van der Waals surface area (Å²) in [7, 11) is 0.478. The zero-order valence-electron chi connectivity index (χ0n) is 22.9. The van der Waals surface area contributed by atoms with Gasteiger partial charge in [0.05, 0.1) is 25.4 Å².